The standard InChI is InChI=1S/C26H33NO7/c1-6-34-26(29)10-9-25(28)27-12-11-18-15-23(32-4)24(33-5)16-19(18)20(27)13-17-7-8-21(30-2)22(14-17)31-3/h7-8,14-16,20H,6,9-13H2,1-5H3/t20-/m1/s1. The third-order valence-electron chi connectivity index (χ3n) is 6.05. The SMILES string of the molecule is CCOC(=O)CCC(=O)N1CCc2cc(OC)c(OC)cc2[C@H]1Cc1ccc(OC)c(OC)c1. The Kier molecular flexibility index (Phi) is 8.62. The highest BCUT2D eigenvalue weighted by atomic mass is 16.5. The molecule has 8 heteroatoms. The number of carbonyl (C=O) groups excluding carboxylic acids is 2. The summed E-state index contributed by atoms with van der Waals surface area (Å²) in [6, 6.07) is 9.45. The number of esters is 1. The minimum atomic E-state index is -0.365. The molecule has 3 rings (SSSR count). The molecule has 0 saturated carbocycles. The van der Waals surface area contributed by atoms with E-state index in [1.807, 2.05) is 35.2 Å². The van der Waals surface area contributed by atoms with Gasteiger partial charge in [0.25, 0.3) is 0 Å². The van der Waals surface area contributed by atoms with Crippen LogP contribution in [0.15, 0.2) is 30.3 Å². The summed E-state index contributed by atoms with van der Waals surface area (Å²) in [6.45, 7) is 2.60. The second kappa shape index (κ2) is 11.6. The number of hydrogen-bond donors (Lipinski definition) is 0. The molecular formula is C26H33NO7. The highest BCUT2D eigenvalue weighted by molar-refractivity contribution is 5.82. The normalized spacial score (nSPS) is 14.7. The van der Waals surface area contributed by atoms with Gasteiger partial charge in [0.15, 0.2) is 23.0 Å². The summed E-state index contributed by atoms with van der Waals surface area (Å²) < 4.78 is 26.9. The monoisotopic (exact) mass is 471 g/mol. The molecule has 1 amide bonds. The van der Waals surface area contributed by atoms with E-state index in [4.69, 9.17) is 23.7 Å². The highest BCUT2D eigenvalue weighted by Gasteiger charge is 2.32. The Bertz CT molecular complexity index is 1020. The van der Waals surface area contributed by atoms with Crippen LogP contribution in [0.2, 0.25) is 0 Å². The van der Waals surface area contributed by atoms with Crippen LogP contribution in [0.1, 0.15) is 42.5 Å². The predicted octanol–water partition coefficient (Wildman–Crippen LogP) is 3.73. The number of fused-ring (bicyclic) bond motifs is 1. The molecule has 0 spiro atoms. The smallest absolute Gasteiger partial charge is 0.306 e. The van der Waals surface area contributed by atoms with Gasteiger partial charge in [-0.1, -0.05) is 6.07 Å². The Morgan fingerprint density at radius 3 is 2.18 bits per heavy atom. The fraction of sp³-hybridized carbons (Fsp3) is 0.462. The van der Waals surface area contributed by atoms with Crippen LogP contribution in [0.4, 0.5) is 0 Å². The number of rotatable bonds is 10. The maximum atomic E-state index is 13.2. The molecule has 0 N–H and O–H groups in total. The molecule has 1 aliphatic heterocycles. The third kappa shape index (κ3) is 5.55. The number of benzene rings is 2. The van der Waals surface area contributed by atoms with Gasteiger partial charge in [-0.25, -0.2) is 0 Å². The molecule has 0 unspecified atom stereocenters. The maximum Gasteiger partial charge on any atom is 0.306 e. The van der Waals surface area contributed by atoms with Crippen molar-refractivity contribution in [2.45, 2.75) is 38.6 Å². The van der Waals surface area contributed by atoms with Gasteiger partial charge in [-0.05, 0) is 60.7 Å². The first-order valence-corrected chi connectivity index (χ1v) is 11.4. The zero-order valence-corrected chi connectivity index (χ0v) is 20.5. The molecule has 0 bridgehead atoms. The van der Waals surface area contributed by atoms with Gasteiger partial charge in [-0.15, -0.1) is 0 Å². The Morgan fingerprint density at radius 1 is 0.882 bits per heavy atom. The van der Waals surface area contributed by atoms with Gasteiger partial charge in [-0.2, -0.15) is 0 Å². The zero-order chi connectivity index (χ0) is 24.7. The molecular weight excluding hydrogens is 438 g/mol. The quantitative estimate of drug-likeness (QED) is 0.488. The predicted molar refractivity (Wildman–Crippen MR) is 127 cm³/mol. The molecule has 0 aliphatic carbocycles. The van der Waals surface area contributed by atoms with Gasteiger partial charge in [-0.3, -0.25) is 9.59 Å². The van der Waals surface area contributed by atoms with Crippen molar-refractivity contribution in [2.24, 2.45) is 0 Å². The van der Waals surface area contributed by atoms with Crippen LogP contribution in [0.3, 0.4) is 0 Å². The molecule has 0 fully saturated rings. The number of nitrogens with zero attached hydrogens (tertiary/aromatic N) is 1. The lowest BCUT2D eigenvalue weighted by atomic mass is 9.87. The minimum absolute atomic E-state index is 0.0606. The van der Waals surface area contributed by atoms with E-state index < -0.39 is 0 Å². The van der Waals surface area contributed by atoms with Crippen LogP contribution in [-0.2, 0) is 27.2 Å². The molecule has 8 nitrogen and oxygen atoms in total. The van der Waals surface area contributed by atoms with Crippen molar-refractivity contribution < 1.29 is 33.3 Å². The summed E-state index contributed by atoms with van der Waals surface area (Å²) in [7, 11) is 6.40. The fourth-order valence-electron chi connectivity index (χ4n) is 4.36. The van der Waals surface area contributed by atoms with E-state index in [0.717, 1.165) is 16.7 Å². The average molecular weight is 472 g/mol. The van der Waals surface area contributed by atoms with Crippen molar-refractivity contribution in [1.82, 2.24) is 4.90 Å². The number of methoxy groups -OCH3 is 4. The van der Waals surface area contributed by atoms with E-state index in [2.05, 4.69) is 0 Å². The number of hydrogen-bond acceptors (Lipinski definition) is 7. The van der Waals surface area contributed by atoms with Crippen LogP contribution in [0.5, 0.6) is 23.0 Å². The van der Waals surface area contributed by atoms with Gasteiger partial charge < -0.3 is 28.6 Å². The van der Waals surface area contributed by atoms with Gasteiger partial charge in [0.1, 0.15) is 0 Å². The Balaban J connectivity index is 1.96. The lowest BCUT2D eigenvalue weighted by Crippen LogP contribution is -2.41. The fourth-order valence-corrected chi connectivity index (χ4v) is 4.36. The van der Waals surface area contributed by atoms with E-state index in [0.29, 0.717) is 49.0 Å². The topological polar surface area (TPSA) is 83.5 Å². The average Bonchev–Trinajstić information content (AvgIpc) is 2.86. The summed E-state index contributed by atoms with van der Waals surface area (Å²) in [5.74, 6) is 2.09. The van der Waals surface area contributed by atoms with Crippen molar-refractivity contribution >= 4 is 11.9 Å². The summed E-state index contributed by atoms with van der Waals surface area (Å²) in [5, 5.41) is 0. The molecule has 184 valence electrons. The van der Waals surface area contributed by atoms with Gasteiger partial charge in [0.05, 0.1) is 47.5 Å². The maximum absolute atomic E-state index is 13.2. The molecule has 2 aromatic carbocycles. The largest absolute Gasteiger partial charge is 0.493 e. The van der Waals surface area contributed by atoms with E-state index in [9.17, 15) is 9.59 Å². The first kappa shape index (κ1) is 25.2. The van der Waals surface area contributed by atoms with E-state index in [1.54, 1.807) is 35.4 Å². The Hall–Kier alpha value is -3.42. The van der Waals surface area contributed by atoms with Crippen LogP contribution in [0.25, 0.3) is 0 Å². The second-order valence-electron chi connectivity index (χ2n) is 7.96. The van der Waals surface area contributed by atoms with Crippen LogP contribution in [-0.4, -0.2) is 58.4 Å². The van der Waals surface area contributed by atoms with Gasteiger partial charge >= 0.3 is 5.97 Å². The molecule has 2 aromatic rings. The van der Waals surface area contributed by atoms with Gasteiger partial charge in [0.2, 0.25) is 5.91 Å². The van der Waals surface area contributed by atoms with Crippen LogP contribution < -0.4 is 18.9 Å². The van der Waals surface area contributed by atoms with E-state index in [1.165, 1.54) is 0 Å². The zero-order valence-electron chi connectivity index (χ0n) is 20.5. The molecule has 0 aromatic heterocycles. The Labute approximate surface area is 200 Å². The van der Waals surface area contributed by atoms with E-state index in [-0.39, 0.29) is 30.8 Å². The first-order chi connectivity index (χ1) is 16.4. The first-order valence-electron chi connectivity index (χ1n) is 11.4. The van der Waals surface area contributed by atoms with Crippen molar-refractivity contribution in [3.8, 4) is 23.0 Å². The number of carbonyl (C=O) groups is 2. The third-order valence-corrected chi connectivity index (χ3v) is 6.05. The highest BCUT2D eigenvalue weighted by Crippen LogP contribution is 2.40. The summed E-state index contributed by atoms with van der Waals surface area (Å²) in [5.41, 5.74) is 3.11. The van der Waals surface area contributed by atoms with Crippen LogP contribution >= 0.6 is 0 Å². The Morgan fingerprint density at radius 2 is 1.53 bits per heavy atom. The lowest BCUT2D eigenvalue weighted by Gasteiger charge is -2.38. The summed E-state index contributed by atoms with van der Waals surface area (Å²) >= 11 is 0. The second-order valence-corrected chi connectivity index (χ2v) is 7.96. The van der Waals surface area contributed by atoms with Crippen molar-refractivity contribution in [3.63, 3.8) is 0 Å². The molecule has 0 radical (unpaired) electrons. The molecule has 1 atom stereocenters. The van der Waals surface area contributed by atoms with E-state index >= 15 is 0 Å². The van der Waals surface area contributed by atoms with Crippen LogP contribution in [0, 0.1) is 0 Å². The van der Waals surface area contributed by atoms with Crippen molar-refractivity contribution in [2.75, 3.05) is 41.6 Å². The van der Waals surface area contributed by atoms with Crippen molar-refractivity contribution in [3.05, 3.63) is 47.0 Å². The number of ether oxygens (including phenoxy) is 5. The minimum Gasteiger partial charge on any atom is -0.493 e. The number of amides is 1. The molecule has 1 aliphatic rings. The molecule has 0 saturated heterocycles. The van der Waals surface area contributed by atoms with Crippen molar-refractivity contribution in [1.29, 1.82) is 0 Å². The van der Waals surface area contributed by atoms with Gasteiger partial charge in [0, 0.05) is 13.0 Å². The summed E-state index contributed by atoms with van der Waals surface area (Å²) in [4.78, 5) is 26.9. The lowest BCUT2D eigenvalue weighted by molar-refractivity contribution is -0.146. The molecule has 1 heterocycles. The molecule has 34 heavy (non-hydrogen) atoms. The summed E-state index contributed by atoms with van der Waals surface area (Å²) in [6.07, 6.45) is 1.41.